The smallest absolute Gasteiger partial charge is 0.237 e. The van der Waals surface area contributed by atoms with Crippen LogP contribution >= 0.6 is 11.3 Å². The first-order valence-corrected chi connectivity index (χ1v) is 6.12. The lowest BCUT2D eigenvalue weighted by molar-refractivity contribution is 0.0946. The molecular weight excluding hydrogens is 239 g/mol. The van der Waals surface area contributed by atoms with E-state index in [9.17, 15) is 9.18 Å². The lowest BCUT2D eigenvalue weighted by atomic mass is 10.2. The van der Waals surface area contributed by atoms with Crippen LogP contribution in [0.1, 0.15) is 16.1 Å². The normalized spacial score (nSPS) is 14.8. The highest BCUT2D eigenvalue weighted by atomic mass is 32.1. The highest BCUT2D eigenvalue weighted by molar-refractivity contribution is 7.21. The quantitative estimate of drug-likeness (QED) is 0.760. The molecule has 0 N–H and O–H groups in total. The van der Waals surface area contributed by atoms with Crippen LogP contribution in [-0.2, 0) is 4.74 Å². The third-order valence-electron chi connectivity index (χ3n) is 2.63. The molecule has 3 rings (SSSR count). The van der Waals surface area contributed by atoms with E-state index >= 15 is 0 Å². The van der Waals surface area contributed by atoms with Gasteiger partial charge in [0.2, 0.25) is 5.78 Å². The Hall–Kier alpha value is -1.68. The second kappa shape index (κ2) is 3.96. The zero-order valence-electron chi connectivity index (χ0n) is 8.90. The monoisotopic (exact) mass is 248 g/mol. The van der Waals surface area contributed by atoms with E-state index in [-0.39, 0.29) is 11.6 Å². The predicted octanol–water partition coefficient (Wildman–Crippen LogP) is 3.53. The SMILES string of the molecule is O=C(C1=CCCO1)c1cc2ccc(F)cc2s1. The second-order valence-electron chi connectivity index (χ2n) is 3.83. The van der Waals surface area contributed by atoms with Crippen LogP contribution in [0, 0.1) is 5.82 Å². The Kier molecular flexibility index (Phi) is 2.44. The summed E-state index contributed by atoms with van der Waals surface area (Å²) in [5, 5.41) is 0.887. The number of rotatable bonds is 2. The van der Waals surface area contributed by atoms with Crippen molar-refractivity contribution in [3.05, 3.63) is 46.8 Å². The predicted molar refractivity (Wildman–Crippen MR) is 64.8 cm³/mol. The van der Waals surface area contributed by atoms with Crippen molar-refractivity contribution in [3.63, 3.8) is 0 Å². The van der Waals surface area contributed by atoms with E-state index in [0.717, 1.165) is 16.5 Å². The van der Waals surface area contributed by atoms with Crippen LogP contribution in [0.25, 0.3) is 10.1 Å². The molecule has 1 aliphatic rings. The number of hydrogen-bond acceptors (Lipinski definition) is 3. The minimum absolute atomic E-state index is 0.107. The first-order valence-electron chi connectivity index (χ1n) is 5.31. The number of ether oxygens (including phenoxy) is 1. The van der Waals surface area contributed by atoms with Gasteiger partial charge >= 0.3 is 0 Å². The number of carbonyl (C=O) groups excluding carboxylic acids is 1. The molecule has 0 atom stereocenters. The zero-order chi connectivity index (χ0) is 11.8. The largest absolute Gasteiger partial charge is 0.489 e. The van der Waals surface area contributed by atoms with E-state index in [1.165, 1.54) is 23.5 Å². The number of benzene rings is 1. The first-order chi connectivity index (χ1) is 8.24. The van der Waals surface area contributed by atoms with E-state index in [1.54, 1.807) is 18.2 Å². The summed E-state index contributed by atoms with van der Waals surface area (Å²) < 4.78 is 19.1. The fourth-order valence-corrected chi connectivity index (χ4v) is 2.85. The number of thiophene rings is 1. The van der Waals surface area contributed by atoms with Gasteiger partial charge < -0.3 is 4.74 Å². The zero-order valence-corrected chi connectivity index (χ0v) is 9.72. The van der Waals surface area contributed by atoms with Gasteiger partial charge in [-0.25, -0.2) is 4.39 Å². The maximum absolute atomic E-state index is 13.0. The summed E-state index contributed by atoms with van der Waals surface area (Å²) in [5.41, 5.74) is 0. The van der Waals surface area contributed by atoms with Gasteiger partial charge in [-0.15, -0.1) is 11.3 Å². The number of halogens is 1. The molecule has 1 aromatic carbocycles. The molecular formula is C13H9FO2S. The van der Waals surface area contributed by atoms with E-state index in [2.05, 4.69) is 0 Å². The first kappa shape index (κ1) is 10.5. The van der Waals surface area contributed by atoms with Gasteiger partial charge in [0.15, 0.2) is 5.76 Å². The average molecular weight is 248 g/mol. The van der Waals surface area contributed by atoms with E-state index in [0.29, 0.717) is 17.2 Å². The third-order valence-corrected chi connectivity index (χ3v) is 3.73. The summed E-state index contributed by atoms with van der Waals surface area (Å²) in [4.78, 5) is 12.6. The molecule has 2 nitrogen and oxygen atoms in total. The summed E-state index contributed by atoms with van der Waals surface area (Å²) >= 11 is 1.30. The Labute approximate surface area is 101 Å². The molecule has 0 radical (unpaired) electrons. The summed E-state index contributed by atoms with van der Waals surface area (Å²) in [7, 11) is 0. The summed E-state index contributed by atoms with van der Waals surface area (Å²) in [6.45, 7) is 0.570. The Balaban J connectivity index is 2.03. The van der Waals surface area contributed by atoms with Crippen LogP contribution in [0.4, 0.5) is 4.39 Å². The Morgan fingerprint density at radius 2 is 2.24 bits per heavy atom. The maximum atomic E-state index is 13.0. The van der Waals surface area contributed by atoms with Crippen LogP contribution in [0.5, 0.6) is 0 Å². The van der Waals surface area contributed by atoms with Crippen LogP contribution in [0.3, 0.4) is 0 Å². The van der Waals surface area contributed by atoms with Crippen molar-refractivity contribution in [3.8, 4) is 0 Å². The van der Waals surface area contributed by atoms with Crippen molar-refractivity contribution in [2.45, 2.75) is 6.42 Å². The summed E-state index contributed by atoms with van der Waals surface area (Å²) in [5.74, 6) is 0.0239. The van der Waals surface area contributed by atoms with Crippen LogP contribution in [-0.4, -0.2) is 12.4 Å². The summed E-state index contributed by atoms with van der Waals surface area (Å²) in [6, 6.07) is 6.31. The average Bonchev–Trinajstić information content (AvgIpc) is 2.96. The van der Waals surface area contributed by atoms with Crippen molar-refractivity contribution < 1.29 is 13.9 Å². The topological polar surface area (TPSA) is 26.3 Å². The molecule has 0 bridgehead atoms. The molecule has 0 aliphatic carbocycles. The highest BCUT2D eigenvalue weighted by Crippen LogP contribution is 2.29. The maximum Gasteiger partial charge on any atom is 0.237 e. The fraction of sp³-hybridized carbons (Fsp3) is 0.154. The molecule has 86 valence electrons. The minimum Gasteiger partial charge on any atom is -0.489 e. The van der Waals surface area contributed by atoms with Gasteiger partial charge in [0.05, 0.1) is 11.5 Å². The van der Waals surface area contributed by atoms with Crippen molar-refractivity contribution in [2.75, 3.05) is 6.61 Å². The molecule has 0 amide bonds. The number of hydrogen-bond donors (Lipinski definition) is 0. The Bertz CT molecular complexity index is 627. The van der Waals surface area contributed by atoms with Gasteiger partial charge in [-0.2, -0.15) is 0 Å². The lowest BCUT2D eigenvalue weighted by Gasteiger charge is -1.98. The Morgan fingerprint density at radius 1 is 1.35 bits per heavy atom. The molecule has 4 heteroatoms. The fourth-order valence-electron chi connectivity index (χ4n) is 1.81. The van der Waals surface area contributed by atoms with E-state index < -0.39 is 0 Å². The number of carbonyl (C=O) groups is 1. The van der Waals surface area contributed by atoms with Gasteiger partial charge in [0.1, 0.15) is 5.82 Å². The van der Waals surface area contributed by atoms with Crippen LogP contribution in [0.2, 0.25) is 0 Å². The van der Waals surface area contributed by atoms with Crippen molar-refractivity contribution in [2.24, 2.45) is 0 Å². The van der Waals surface area contributed by atoms with Gasteiger partial charge in [0, 0.05) is 11.1 Å². The van der Waals surface area contributed by atoms with Crippen molar-refractivity contribution in [1.29, 1.82) is 0 Å². The number of Topliss-reactive ketones (excluding diaryl/α,β-unsaturated/α-hetero) is 1. The summed E-state index contributed by atoms with van der Waals surface area (Å²) in [6.07, 6.45) is 2.58. The second-order valence-corrected chi connectivity index (χ2v) is 4.91. The third kappa shape index (κ3) is 1.85. The number of fused-ring (bicyclic) bond motifs is 1. The molecule has 0 saturated carbocycles. The standard InChI is InChI=1S/C13H9FO2S/c14-9-4-3-8-6-12(17-11(8)7-9)13(15)10-2-1-5-16-10/h2-4,6-7H,1,5H2. The molecule has 1 aliphatic heterocycles. The molecule has 2 heterocycles. The number of ketones is 1. The molecule has 17 heavy (non-hydrogen) atoms. The van der Waals surface area contributed by atoms with Crippen molar-refractivity contribution in [1.82, 2.24) is 0 Å². The van der Waals surface area contributed by atoms with Crippen LogP contribution < -0.4 is 0 Å². The van der Waals surface area contributed by atoms with Gasteiger partial charge in [-0.3, -0.25) is 4.79 Å². The molecule has 0 fully saturated rings. The highest BCUT2D eigenvalue weighted by Gasteiger charge is 2.19. The number of allylic oxidation sites excluding steroid dienone is 1. The van der Waals surface area contributed by atoms with E-state index in [4.69, 9.17) is 4.74 Å². The van der Waals surface area contributed by atoms with Crippen molar-refractivity contribution >= 4 is 27.2 Å². The van der Waals surface area contributed by atoms with E-state index in [1.807, 2.05) is 0 Å². The van der Waals surface area contributed by atoms with Crippen LogP contribution in [0.15, 0.2) is 36.1 Å². The molecule has 0 spiro atoms. The molecule has 0 unspecified atom stereocenters. The lowest BCUT2D eigenvalue weighted by Crippen LogP contribution is -2.01. The Morgan fingerprint density at radius 3 is 3.00 bits per heavy atom. The molecule has 1 aromatic heterocycles. The van der Waals surface area contributed by atoms with Gasteiger partial charge in [-0.05, 0) is 29.7 Å². The van der Waals surface area contributed by atoms with Gasteiger partial charge in [0.25, 0.3) is 0 Å². The minimum atomic E-state index is -0.283. The van der Waals surface area contributed by atoms with Gasteiger partial charge in [-0.1, -0.05) is 6.07 Å². The molecule has 0 saturated heterocycles. The molecule has 2 aromatic rings.